The molecule has 1 amide bonds. The second-order valence-corrected chi connectivity index (χ2v) is 9.94. The molecule has 5 rings (SSSR count). The molecule has 1 aromatic carbocycles. The first-order valence-corrected chi connectivity index (χ1v) is 11.1. The molecule has 7 nitrogen and oxygen atoms in total. The van der Waals surface area contributed by atoms with Gasteiger partial charge in [0, 0.05) is 30.2 Å². The van der Waals surface area contributed by atoms with Gasteiger partial charge in [0.15, 0.2) is 5.13 Å². The summed E-state index contributed by atoms with van der Waals surface area (Å²) < 4.78 is 5.79. The van der Waals surface area contributed by atoms with Crippen molar-refractivity contribution in [3.63, 3.8) is 0 Å². The number of carbonyl (C=O) groups excluding carboxylic acids is 1. The Hall–Kier alpha value is -2.58. The number of hydrogen-bond donors (Lipinski definition) is 3. The predicted molar refractivity (Wildman–Crippen MR) is 118 cm³/mol. The van der Waals surface area contributed by atoms with Crippen molar-refractivity contribution in [3.05, 3.63) is 40.5 Å². The third-order valence-corrected chi connectivity index (χ3v) is 7.08. The average Bonchev–Trinajstić information content (AvgIpc) is 3.28. The van der Waals surface area contributed by atoms with Crippen LogP contribution in [0.15, 0.2) is 24.4 Å². The number of aromatic nitrogens is 2. The number of benzene rings is 1. The third kappa shape index (κ3) is 3.54. The molecule has 0 saturated carbocycles. The smallest absolute Gasteiger partial charge is 0.263 e. The molecular weight excluding hydrogens is 400 g/mol. The van der Waals surface area contributed by atoms with E-state index in [4.69, 9.17) is 9.72 Å². The lowest BCUT2D eigenvalue weighted by Gasteiger charge is -2.35. The number of thiazole rings is 1. The molecule has 0 radical (unpaired) electrons. The molecule has 1 saturated heterocycles. The number of carbonyl (C=O) groups is 1. The molecular formula is C22H26N4O3S. The fourth-order valence-corrected chi connectivity index (χ4v) is 5.44. The van der Waals surface area contributed by atoms with Gasteiger partial charge >= 0.3 is 0 Å². The van der Waals surface area contributed by atoms with Gasteiger partial charge in [0.05, 0.1) is 24.9 Å². The van der Waals surface area contributed by atoms with Crippen LogP contribution in [0.5, 0.6) is 5.75 Å². The minimum atomic E-state index is -0.0174. The number of aromatic amines is 1. The molecule has 2 aliphatic heterocycles. The Bertz CT molecular complexity index is 1100. The number of aromatic hydroxyl groups is 1. The zero-order chi connectivity index (χ0) is 20.9. The summed E-state index contributed by atoms with van der Waals surface area (Å²) in [5.74, 6) is 0.244. The van der Waals surface area contributed by atoms with Crippen molar-refractivity contribution in [1.29, 1.82) is 0 Å². The quantitative estimate of drug-likeness (QED) is 0.599. The van der Waals surface area contributed by atoms with Crippen molar-refractivity contribution < 1.29 is 14.6 Å². The van der Waals surface area contributed by atoms with Gasteiger partial charge in [-0.25, -0.2) is 4.98 Å². The van der Waals surface area contributed by atoms with Crippen LogP contribution in [0.4, 0.5) is 5.13 Å². The van der Waals surface area contributed by atoms with E-state index in [9.17, 15) is 9.90 Å². The Morgan fingerprint density at radius 3 is 3.13 bits per heavy atom. The summed E-state index contributed by atoms with van der Waals surface area (Å²) in [6.07, 6.45) is 3.56. The molecule has 0 spiro atoms. The first-order chi connectivity index (χ1) is 14.4. The van der Waals surface area contributed by atoms with Crippen LogP contribution in [0.25, 0.3) is 10.9 Å². The second kappa shape index (κ2) is 7.28. The molecule has 8 heteroatoms. The van der Waals surface area contributed by atoms with E-state index >= 15 is 0 Å². The number of morpholine rings is 1. The third-order valence-electron chi connectivity index (χ3n) is 5.95. The van der Waals surface area contributed by atoms with Crippen molar-refractivity contribution in [3.8, 4) is 5.75 Å². The van der Waals surface area contributed by atoms with Gasteiger partial charge in [-0.2, -0.15) is 0 Å². The van der Waals surface area contributed by atoms with Gasteiger partial charge in [-0.05, 0) is 42.0 Å². The number of rotatable bonds is 3. The SMILES string of the molecule is CC1(C)CNC(=O)c2sc(N3CCOC[C@@H]3Cc3c[nH]c4ccc(O)cc34)nc2C1. The number of ether oxygens (including phenoxy) is 1. The Kier molecular flexibility index (Phi) is 4.71. The van der Waals surface area contributed by atoms with Crippen LogP contribution in [0.2, 0.25) is 0 Å². The van der Waals surface area contributed by atoms with Gasteiger partial charge in [-0.3, -0.25) is 4.79 Å². The minimum Gasteiger partial charge on any atom is -0.508 e. The molecule has 2 aromatic heterocycles. The second-order valence-electron chi connectivity index (χ2n) is 8.97. The number of nitrogens with zero attached hydrogens (tertiary/aromatic N) is 2. The van der Waals surface area contributed by atoms with Crippen molar-refractivity contribution in [2.24, 2.45) is 5.41 Å². The summed E-state index contributed by atoms with van der Waals surface area (Å²) in [6, 6.07) is 5.49. The number of hydrogen-bond acceptors (Lipinski definition) is 6. The van der Waals surface area contributed by atoms with E-state index in [2.05, 4.69) is 29.0 Å². The normalized spacial score (nSPS) is 21.3. The van der Waals surface area contributed by atoms with Gasteiger partial charge in [-0.1, -0.05) is 25.2 Å². The van der Waals surface area contributed by atoms with Gasteiger partial charge in [0.2, 0.25) is 0 Å². The summed E-state index contributed by atoms with van der Waals surface area (Å²) in [4.78, 5) is 23.8. The predicted octanol–water partition coefficient (Wildman–Crippen LogP) is 3.09. The van der Waals surface area contributed by atoms with E-state index in [0.717, 1.165) is 51.6 Å². The highest BCUT2D eigenvalue weighted by molar-refractivity contribution is 7.17. The maximum atomic E-state index is 12.6. The number of fused-ring (bicyclic) bond motifs is 2. The molecule has 158 valence electrons. The monoisotopic (exact) mass is 426 g/mol. The van der Waals surface area contributed by atoms with E-state index in [1.807, 2.05) is 12.3 Å². The molecule has 4 heterocycles. The van der Waals surface area contributed by atoms with Gasteiger partial charge in [0.1, 0.15) is 10.6 Å². The summed E-state index contributed by atoms with van der Waals surface area (Å²) in [5.41, 5.74) is 3.03. The lowest BCUT2D eigenvalue weighted by molar-refractivity contribution is 0.0941. The maximum absolute atomic E-state index is 12.6. The number of anilines is 1. The number of nitrogens with one attached hydrogen (secondary N) is 2. The first kappa shape index (κ1) is 19.4. The molecule has 30 heavy (non-hydrogen) atoms. The summed E-state index contributed by atoms with van der Waals surface area (Å²) >= 11 is 1.49. The zero-order valence-electron chi connectivity index (χ0n) is 17.2. The van der Waals surface area contributed by atoms with Crippen LogP contribution < -0.4 is 10.2 Å². The van der Waals surface area contributed by atoms with Gasteiger partial charge in [-0.15, -0.1) is 0 Å². The Balaban J connectivity index is 1.45. The topological polar surface area (TPSA) is 90.5 Å². The van der Waals surface area contributed by atoms with E-state index in [1.165, 1.54) is 11.3 Å². The van der Waals surface area contributed by atoms with E-state index in [-0.39, 0.29) is 23.1 Å². The highest BCUT2D eigenvalue weighted by Gasteiger charge is 2.33. The average molecular weight is 427 g/mol. The molecule has 1 fully saturated rings. The molecule has 3 N–H and O–H groups in total. The molecule has 0 unspecified atom stereocenters. The molecule has 2 aliphatic rings. The van der Waals surface area contributed by atoms with Crippen molar-refractivity contribution >= 4 is 33.3 Å². The van der Waals surface area contributed by atoms with Crippen molar-refractivity contribution in [2.75, 3.05) is 31.2 Å². The number of amides is 1. The van der Waals surface area contributed by atoms with Crippen LogP contribution in [-0.2, 0) is 17.6 Å². The van der Waals surface area contributed by atoms with E-state index < -0.39 is 0 Å². The molecule has 0 bridgehead atoms. The Labute approximate surface area is 179 Å². The highest BCUT2D eigenvalue weighted by Crippen LogP contribution is 2.35. The maximum Gasteiger partial charge on any atom is 0.263 e. The van der Waals surface area contributed by atoms with Crippen molar-refractivity contribution in [2.45, 2.75) is 32.7 Å². The van der Waals surface area contributed by atoms with E-state index in [1.54, 1.807) is 12.1 Å². The first-order valence-electron chi connectivity index (χ1n) is 10.3. The molecule has 1 atom stereocenters. The molecule has 0 aliphatic carbocycles. The van der Waals surface area contributed by atoms with Crippen LogP contribution in [0.1, 0.15) is 34.8 Å². The lowest BCUT2D eigenvalue weighted by Crippen LogP contribution is -2.46. The lowest BCUT2D eigenvalue weighted by atomic mass is 9.88. The fourth-order valence-electron chi connectivity index (χ4n) is 4.34. The van der Waals surface area contributed by atoms with Gasteiger partial charge in [0.25, 0.3) is 5.91 Å². The van der Waals surface area contributed by atoms with E-state index in [0.29, 0.717) is 19.8 Å². The number of phenolic OH excluding ortho intramolecular Hbond substituents is 1. The fraction of sp³-hybridized carbons (Fsp3) is 0.455. The van der Waals surface area contributed by atoms with Gasteiger partial charge < -0.3 is 25.0 Å². The van der Waals surface area contributed by atoms with Crippen molar-refractivity contribution in [1.82, 2.24) is 15.3 Å². The standard InChI is InChI=1S/C22H26N4O3S/c1-22(2)9-18-19(20(28)24-12-22)30-21(25-18)26-5-6-29-11-14(26)7-13-10-23-17-4-3-15(27)8-16(13)17/h3-4,8,10,14,23,27H,5-7,9,11-12H2,1-2H3,(H,24,28)/t14-/m0/s1. The van der Waals surface area contributed by atoms with Crippen LogP contribution in [0, 0.1) is 5.41 Å². The largest absolute Gasteiger partial charge is 0.508 e. The Morgan fingerprint density at radius 2 is 2.27 bits per heavy atom. The summed E-state index contributed by atoms with van der Waals surface area (Å²) in [6.45, 7) is 6.98. The molecule has 3 aromatic rings. The van der Waals surface area contributed by atoms with Crippen LogP contribution >= 0.6 is 11.3 Å². The van der Waals surface area contributed by atoms with Crippen LogP contribution in [-0.4, -0.2) is 53.3 Å². The number of phenols is 1. The number of H-pyrrole nitrogens is 1. The zero-order valence-corrected chi connectivity index (χ0v) is 18.0. The summed E-state index contributed by atoms with van der Waals surface area (Å²) in [7, 11) is 0. The summed E-state index contributed by atoms with van der Waals surface area (Å²) in [5, 5.41) is 14.9. The Morgan fingerprint density at radius 1 is 1.40 bits per heavy atom. The minimum absolute atomic E-state index is 0.0112. The van der Waals surface area contributed by atoms with Crippen LogP contribution in [0.3, 0.4) is 0 Å². The highest BCUT2D eigenvalue weighted by atomic mass is 32.1.